The summed E-state index contributed by atoms with van der Waals surface area (Å²) in [7, 11) is 0. The number of rotatable bonds is 3. The van der Waals surface area contributed by atoms with E-state index in [0.717, 1.165) is 49.2 Å². The van der Waals surface area contributed by atoms with Gasteiger partial charge in [-0.25, -0.2) is 0 Å². The van der Waals surface area contributed by atoms with Crippen molar-refractivity contribution in [1.82, 2.24) is 9.88 Å². The summed E-state index contributed by atoms with van der Waals surface area (Å²) in [5, 5.41) is 0. The van der Waals surface area contributed by atoms with Crippen molar-refractivity contribution < 1.29 is 4.79 Å². The second kappa shape index (κ2) is 6.17. The summed E-state index contributed by atoms with van der Waals surface area (Å²) in [6.45, 7) is 3.43. The highest BCUT2D eigenvalue weighted by Gasteiger charge is 2.53. The smallest absolute Gasteiger partial charge is 0.233 e. The van der Waals surface area contributed by atoms with Crippen molar-refractivity contribution in [2.75, 3.05) is 13.1 Å². The van der Waals surface area contributed by atoms with Crippen LogP contribution in [0.3, 0.4) is 0 Å². The summed E-state index contributed by atoms with van der Waals surface area (Å²) in [5.74, 6) is 0.482. The highest BCUT2D eigenvalue weighted by molar-refractivity contribution is 5.91. The van der Waals surface area contributed by atoms with Crippen LogP contribution in [-0.4, -0.2) is 28.9 Å². The van der Waals surface area contributed by atoms with Crippen LogP contribution in [0.1, 0.15) is 48.6 Å². The van der Waals surface area contributed by atoms with Gasteiger partial charge in [0.05, 0.1) is 5.41 Å². The maximum Gasteiger partial charge on any atom is 0.233 e. The van der Waals surface area contributed by atoms with Crippen LogP contribution >= 0.6 is 0 Å². The van der Waals surface area contributed by atoms with Crippen LogP contribution in [0.25, 0.3) is 0 Å². The van der Waals surface area contributed by atoms with Crippen LogP contribution in [0.5, 0.6) is 0 Å². The van der Waals surface area contributed by atoms with Crippen LogP contribution < -0.4 is 5.43 Å². The molecule has 2 aromatic rings. The number of pyridine rings is 1. The Bertz CT molecular complexity index is 836. The molecular weight excluding hydrogens is 312 g/mol. The first-order chi connectivity index (χ1) is 12.1. The Labute approximate surface area is 147 Å². The molecule has 1 aliphatic carbocycles. The predicted molar refractivity (Wildman–Crippen MR) is 97.7 cm³/mol. The summed E-state index contributed by atoms with van der Waals surface area (Å²) in [6, 6.07) is 13.5. The van der Waals surface area contributed by atoms with Gasteiger partial charge in [-0.2, -0.15) is 0 Å². The molecule has 0 spiro atoms. The average molecular weight is 336 g/mol. The number of amides is 1. The third kappa shape index (κ3) is 3.01. The number of aryl methyl sites for hydroxylation is 1. The normalized spacial score (nSPS) is 21.8. The number of nitrogens with one attached hydrogen (secondary N) is 1. The molecule has 25 heavy (non-hydrogen) atoms. The van der Waals surface area contributed by atoms with Crippen molar-refractivity contribution in [2.45, 2.75) is 43.9 Å². The van der Waals surface area contributed by atoms with Gasteiger partial charge in [0, 0.05) is 42.5 Å². The van der Waals surface area contributed by atoms with Gasteiger partial charge in [0.2, 0.25) is 5.91 Å². The first kappa shape index (κ1) is 16.1. The van der Waals surface area contributed by atoms with Gasteiger partial charge in [0.25, 0.3) is 0 Å². The van der Waals surface area contributed by atoms with Gasteiger partial charge < -0.3 is 9.88 Å². The summed E-state index contributed by atoms with van der Waals surface area (Å²) >= 11 is 0. The third-order valence-electron chi connectivity index (χ3n) is 5.63. The zero-order valence-electron chi connectivity index (χ0n) is 14.6. The Kier molecular flexibility index (Phi) is 3.98. The highest BCUT2D eigenvalue weighted by Crippen LogP contribution is 2.50. The molecule has 0 radical (unpaired) electrons. The first-order valence-corrected chi connectivity index (χ1v) is 9.14. The minimum Gasteiger partial charge on any atom is -0.362 e. The number of aromatic amines is 1. The van der Waals surface area contributed by atoms with E-state index in [1.54, 1.807) is 12.1 Å². The van der Waals surface area contributed by atoms with E-state index in [2.05, 4.69) is 17.1 Å². The lowest BCUT2D eigenvalue weighted by atomic mass is 9.90. The molecule has 1 atom stereocenters. The van der Waals surface area contributed by atoms with Gasteiger partial charge in [-0.3, -0.25) is 9.59 Å². The molecule has 1 aliphatic heterocycles. The number of aromatic nitrogens is 1. The number of H-pyrrole nitrogens is 1. The summed E-state index contributed by atoms with van der Waals surface area (Å²) in [5.41, 5.74) is 2.73. The number of nitrogens with zero attached hydrogens (tertiary/aromatic N) is 1. The largest absolute Gasteiger partial charge is 0.362 e. The van der Waals surface area contributed by atoms with E-state index >= 15 is 0 Å². The van der Waals surface area contributed by atoms with Crippen molar-refractivity contribution in [2.24, 2.45) is 0 Å². The molecule has 1 N–H and O–H groups in total. The van der Waals surface area contributed by atoms with Gasteiger partial charge in [0.1, 0.15) is 0 Å². The molecule has 4 heteroatoms. The zero-order valence-corrected chi connectivity index (χ0v) is 14.6. The maximum atomic E-state index is 13.2. The lowest BCUT2D eigenvalue weighted by molar-refractivity contribution is -0.135. The number of carbonyl (C=O) groups is 1. The van der Waals surface area contributed by atoms with Gasteiger partial charge >= 0.3 is 0 Å². The summed E-state index contributed by atoms with van der Waals surface area (Å²) in [6.07, 6.45) is 3.88. The van der Waals surface area contributed by atoms with Crippen molar-refractivity contribution in [1.29, 1.82) is 0 Å². The standard InChI is InChI=1S/C21H24N2O2/c1-15-12-18(24)13-19(22-15)16-6-5-11-23(14-16)20(25)21(9-10-21)17-7-3-2-4-8-17/h2-4,7-8,12-13,16H,5-6,9-11,14H2,1H3,(H,22,24). The number of hydrogen-bond donors (Lipinski definition) is 1. The molecule has 4 rings (SSSR count). The predicted octanol–water partition coefficient (Wildman–Crippen LogP) is 3.12. The van der Waals surface area contributed by atoms with Crippen LogP contribution in [0.4, 0.5) is 0 Å². The molecule has 1 saturated carbocycles. The summed E-state index contributed by atoms with van der Waals surface area (Å²) < 4.78 is 0. The van der Waals surface area contributed by atoms with E-state index < -0.39 is 0 Å². The molecule has 2 aliphatic rings. The second-order valence-electron chi connectivity index (χ2n) is 7.49. The minimum atomic E-state index is -0.302. The Balaban J connectivity index is 1.55. The maximum absolute atomic E-state index is 13.2. The van der Waals surface area contributed by atoms with Gasteiger partial charge in [0.15, 0.2) is 5.43 Å². The number of benzene rings is 1. The molecule has 4 nitrogen and oxygen atoms in total. The van der Waals surface area contributed by atoms with E-state index in [-0.39, 0.29) is 22.7 Å². The SMILES string of the molecule is Cc1cc(=O)cc(C2CCCN(C(=O)C3(c4ccccc4)CC3)C2)[nH]1. The Morgan fingerprint density at radius 2 is 1.96 bits per heavy atom. The van der Waals surface area contributed by atoms with E-state index in [1.807, 2.05) is 30.0 Å². The lowest BCUT2D eigenvalue weighted by Gasteiger charge is -2.35. The molecule has 1 saturated heterocycles. The highest BCUT2D eigenvalue weighted by atomic mass is 16.2. The quantitative estimate of drug-likeness (QED) is 0.936. The zero-order chi connectivity index (χ0) is 17.4. The van der Waals surface area contributed by atoms with E-state index in [9.17, 15) is 9.59 Å². The molecule has 2 fully saturated rings. The molecule has 0 bridgehead atoms. The number of carbonyl (C=O) groups excluding carboxylic acids is 1. The fourth-order valence-corrected chi connectivity index (χ4v) is 4.15. The first-order valence-electron chi connectivity index (χ1n) is 9.14. The average Bonchev–Trinajstić information content (AvgIpc) is 3.43. The van der Waals surface area contributed by atoms with Crippen molar-refractivity contribution in [3.05, 3.63) is 69.6 Å². The molecule has 1 aromatic heterocycles. The number of hydrogen-bond acceptors (Lipinski definition) is 2. The Morgan fingerprint density at radius 3 is 2.64 bits per heavy atom. The van der Waals surface area contributed by atoms with Crippen molar-refractivity contribution >= 4 is 5.91 Å². The van der Waals surface area contributed by atoms with E-state index in [1.165, 1.54) is 0 Å². The molecular formula is C21H24N2O2. The monoisotopic (exact) mass is 336 g/mol. The van der Waals surface area contributed by atoms with Crippen LogP contribution in [0.2, 0.25) is 0 Å². The molecule has 1 unspecified atom stereocenters. The lowest BCUT2D eigenvalue weighted by Crippen LogP contribution is -2.44. The number of piperidine rings is 1. The second-order valence-corrected chi connectivity index (χ2v) is 7.49. The van der Waals surface area contributed by atoms with Gasteiger partial charge in [-0.05, 0) is 38.2 Å². The van der Waals surface area contributed by atoms with Gasteiger partial charge in [-0.1, -0.05) is 30.3 Å². The minimum absolute atomic E-state index is 0.0395. The molecule has 1 aromatic carbocycles. The summed E-state index contributed by atoms with van der Waals surface area (Å²) in [4.78, 5) is 30.4. The van der Waals surface area contributed by atoms with Crippen molar-refractivity contribution in [3.63, 3.8) is 0 Å². The van der Waals surface area contributed by atoms with Crippen LogP contribution in [-0.2, 0) is 10.2 Å². The van der Waals surface area contributed by atoms with Crippen molar-refractivity contribution in [3.8, 4) is 0 Å². The fourth-order valence-electron chi connectivity index (χ4n) is 4.15. The topological polar surface area (TPSA) is 53.2 Å². The van der Waals surface area contributed by atoms with Gasteiger partial charge in [-0.15, -0.1) is 0 Å². The van der Waals surface area contributed by atoms with E-state index in [0.29, 0.717) is 6.54 Å². The molecule has 130 valence electrons. The Hall–Kier alpha value is -2.36. The molecule has 2 heterocycles. The third-order valence-corrected chi connectivity index (χ3v) is 5.63. The molecule has 1 amide bonds. The van der Waals surface area contributed by atoms with Crippen LogP contribution in [0, 0.1) is 6.92 Å². The fraction of sp³-hybridized carbons (Fsp3) is 0.429. The van der Waals surface area contributed by atoms with Crippen LogP contribution in [0.15, 0.2) is 47.3 Å². The number of likely N-dealkylation sites (tertiary alicyclic amines) is 1. The Morgan fingerprint density at radius 1 is 1.20 bits per heavy atom. The van der Waals surface area contributed by atoms with E-state index in [4.69, 9.17) is 0 Å².